The molecule has 0 amide bonds. The molecule has 0 saturated carbocycles. The molecule has 0 bridgehead atoms. The molecule has 0 radical (unpaired) electrons. The van der Waals surface area contributed by atoms with E-state index in [2.05, 4.69) is 4.98 Å². The Kier molecular flexibility index (Phi) is 2.23. The van der Waals surface area contributed by atoms with Crippen molar-refractivity contribution < 1.29 is 8.78 Å². The highest BCUT2D eigenvalue weighted by Crippen LogP contribution is 2.31. The number of rotatable bonds is 1. The van der Waals surface area contributed by atoms with Gasteiger partial charge in [-0.2, -0.15) is 14.0 Å². The molecule has 3 nitrogen and oxygen atoms in total. The minimum absolute atomic E-state index is 0.199. The molecule has 0 saturated heterocycles. The molecular formula is C13H7F2N3. The first-order valence-electron chi connectivity index (χ1n) is 5.29. The van der Waals surface area contributed by atoms with Crippen LogP contribution in [0.25, 0.3) is 21.9 Å². The first-order valence-corrected chi connectivity index (χ1v) is 5.29. The summed E-state index contributed by atoms with van der Waals surface area (Å²) in [5, 5.41) is 10.1. The summed E-state index contributed by atoms with van der Waals surface area (Å²) in [6.45, 7) is -2.66. The molecule has 0 aliphatic heterocycles. The average Bonchev–Trinajstić information content (AvgIpc) is 2.72. The van der Waals surface area contributed by atoms with Gasteiger partial charge in [0.05, 0.1) is 11.1 Å². The van der Waals surface area contributed by atoms with E-state index in [9.17, 15) is 8.78 Å². The van der Waals surface area contributed by atoms with Crippen molar-refractivity contribution in [3.63, 3.8) is 0 Å². The second-order valence-electron chi connectivity index (χ2n) is 3.87. The lowest BCUT2D eigenvalue weighted by molar-refractivity contribution is 0.0791. The van der Waals surface area contributed by atoms with Crippen LogP contribution in [-0.4, -0.2) is 9.55 Å². The first kappa shape index (κ1) is 10.7. The number of nitriles is 1. The van der Waals surface area contributed by atoms with Crippen LogP contribution in [0.3, 0.4) is 0 Å². The number of hydrogen-bond acceptors (Lipinski definition) is 2. The zero-order valence-electron chi connectivity index (χ0n) is 9.14. The van der Waals surface area contributed by atoms with Gasteiger partial charge in [-0.15, -0.1) is 0 Å². The average molecular weight is 243 g/mol. The predicted octanol–water partition coefficient (Wildman–Crippen LogP) is 3.46. The molecule has 0 N–H and O–H groups in total. The number of para-hydroxylation sites is 1. The van der Waals surface area contributed by atoms with Crippen LogP contribution in [-0.2, 0) is 0 Å². The summed E-state index contributed by atoms with van der Waals surface area (Å²) < 4.78 is 27.1. The van der Waals surface area contributed by atoms with Gasteiger partial charge in [0, 0.05) is 17.0 Å². The molecule has 0 aliphatic rings. The Hall–Kier alpha value is -2.48. The van der Waals surface area contributed by atoms with Gasteiger partial charge in [0.2, 0.25) is 0 Å². The van der Waals surface area contributed by atoms with Crippen LogP contribution in [0.2, 0.25) is 0 Å². The lowest BCUT2D eigenvalue weighted by Crippen LogP contribution is -1.98. The van der Waals surface area contributed by atoms with Crippen LogP contribution in [0.1, 0.15) is 12.1 Å². The Morgan fingerprint density at radius 3 is 2.72 bits per heavy atom. The van der Waals surface area contributed by atoms with E-state index >= 15 is 0 Å². The maximum absolute atomic E-state index is 13.1. The van der Waals surface area contributed by atoms with Crippen molar-refractivity contribution in [2.24, 2.45) is 0 Å². The summed E-state index contributed by atoms with van der Waals surface area (Å²) in [6, 6.07) is 10.4. The number of halogens is 2. The van der Waals surface area contributed by atoms with Crippen molar-refractivity contribution >= 4 is 21.9 Å². The van der Waals surface area contributed by atoms with Crippen LogP contribution in [0.4, 0.5) is 8.78 Å². The zero-order valence-corrected chi connectivity index (χ0v) is 9.14. The fourth-order valence-electron chi connectivity index (χ4n) is 2.13. The number of aromatic nitrogens is 2. The van der Waals surface area contributed by atoms with Crippen molar-refractivity contribution in [1.29, 1.82) is 5.26 Å². The van der Waals surface area contributed by atoms with Crippen molar-refractivity contribution in [3.8, 4) is 6.07 Å². The third kappa shape index (κ3) is 1.36. The minimum Gasteiger partial charge on any atom is -0.268 e. The number of pyridine rings is 1. The molecule has 3 aromatic rings. The van der Waals surface area contributed by atoms with Gasteiger partial charge in [0.15, 0.2) is 0 Å². The molecule has 0 unspecified atom stereocenters. The second kappa shape index (κ2) is 3.77. The summed E-state index contributed by atoms with van der Waals surface area (Å²) in [5.74, 6) is 0. The number of hydrogen-bond donors (Lipinski definition) is 0. The van der Waals surface area contributed by atoms with E-state index < -0.39 is 6.55 Å². The summed E-state index contributed by atoms with van der Waals surface area (Å²) in [7, 11) is 0. The van der Waals surface area contributed by atoms with Crippen molar-refractivity contribution in [2.45, 2.75) is 6.55 Å². The topological polar surface area (TPSA) is 41.6 Å². The van der Waals surface area contributed by atoms with Crippen LogP contribution in [0.5, 0.6) is 0 Å². The lowest BCUT2D eigenvalue weighted by atomic mass is 10.1. The predicted molar refractivity (Wildman–Crippen MR) is 63.2 cm³/mol. The minimum atomic E-state index is -2.66. The molecule has 0 aliphatic carbocycles. The van der Waals surface area contributed by atoms with Crippen LogP contribution < -0.4 is 0 Å². The van der Waals surface area contributed by atoms with Gasteiger partial charge >= 0.3 is 6.55 Å². The molecule has 2 aromatic heterocycles. The highest BCUT2D eigenvalue weighted by Gasteiger charge is 2.17. The van der Waals surface area contributed by atoms with E-state index in [-0.39, 0.29) is 5.65 Å². The monoisotopic (exact) mass is 243 g/mol. The molecule has 18 heavy (non-hydrogen) atoms. The summed E-state index contributed by atoms with van der Waals surface area (Å²) >= 11 is 0. The maximum Gasteiger partial charge on any atom is 0.320 e. The van der Waals surface area contributed by atoms with Gasteiger partial charge in [-0.1, -0.05) is 18.2 Å². The first-order chi connectivity index (χ1) is 8.72. The van der Waals surface area contributed by atoms with Crippen LogP contribution >= 0.6 is 0 Å². The molecule has 88 valence electrons. The molecule has 2 heterocycles. The van der Waals surface area contributed by atoms with E-state index in [1.165, 1.54) is 6.20 Å². The second-order valence-corrected chi connectivity index (χ2v) is 3.87. The Labute approximate surface area is 101 Å². The fourth-order valence-corrected chi connectivity index (χ4v) is 2.13. The molecule has 0 atom stereocenters. The molecule has 0 spiro atoms. The number of benzene rings is 1. The Balaban J connectivity index is 2.54. The van der Waals surface area contributed by atoms with Gasteiger partial charge in [0.1, 0.15) is 11.7 Å². The van der Waals surface area contributed by atoms with Gasteiger partial charge in [0.25, 0.3) is 0 Å². The van der Waals surface area contributed by atoms with Crippen molar-refractivity contribution in [1.82, 2.24) is 9.55 Å². The van der Waals surface area contributed by atoms with Gasteiger partial charge in [-0.3, -0.25) is 4.57 Å². The van der Waals surface area contributed by atoms with Crippen molar-refractivity contribution in [3.05, 3.63) is 42.1 Å². The van der Waals surface area contributed by atoms with Crippen molar-refractivity contribution in [2.75, 3.05) is 0 Å². The van der Waals surface area contributed by atoms with E-state index in [1.807, 2.05) is 6.07 Å². The van der Waals surface area contributed by atoms with E-state index in [0.717, 1.165) is 4.57 Å². The van der Waals surface area contributed by atoms with Crippen LogP contribution in [0, 0.1) is 11.3 Å². The Bertz CT molecular complexity index is 784. The number of fused-ring (bicyclic) bond motifs is 3. The van der Waals surface area contributed by atoms with Crippen LogP contribution in [0.15, 0.2) is 36.5 Å². The molecule has 5 heteroatoms. The normalized spacial score (nSPS) is 11.2. The standard InChI is InChI=1S/C13H7F2N3/c14-13(15)18-11-4-2-1-3-9(11)10-5-8(6-16)7-17-12(10)18/h1-5,7,13H. The molecule has 1 aromatic carbocycles. The highest BCUT2D eigenvalue weighted by molar-refractivity contribution is 6.06. The molecule has 0 fully saturated rings. The third-order valence-electron chi connectivity index (χ3n) is 2.87. The van der Waals surface area contributed by atoms with Gasteiger partial charge in [-0.05, 0) is 12.1 Å². The summed E-state index contributed by atoms with van der Waals surface area (Å²) in [6.07, 6.45) is 1.31. The van der Waals surface area contributed by atoms with Gasteiger partial charge < -0.3 is 0 Å². The smallest absolute Gasteiger partial charge is 0.268 e. The third-order valence-corrected chi connectivity index (χ3v) is 2.87. The zero-order chi connectivity index (χ0) is 12.7. The summed E-state index contributed by atoms with van der Waals surface area (Å²) in [5.41, 5.74) is 0.981. The van der Waals surface area contributed by atoms with E-state index in [1.54, 1.807) is 30.3 Å². The Morgan fingerprint density at radius 1 is 1.22 bits per heavy atom. The Morgan fingerprint density at radius 2 is 2.00 bits per heavy atom. The SMILES string of the molecule is N#Cc1cnc2c(c1)c1ccccc1n2C(F)F. The van der Waals surface area contributed by atoms with E-state index in [4.69, 9.17) is 5.26 Å². The quantitative estimate of drug-likeness (QED) is 0.656. The fraction of sp³-hybridized carbons (Fsp3) is 0.0769. The lowest BCUT2D eigenvalue weighted by Gasteiger charge is -2.03. The molecular weight excluding hydrogens is 236 g/mol. The molecule has 3 rings (SSSR count). The maximum atomic E-state index is 13.1. The highest BCUT2D eigenvalue weighted by atomic mass is 19.3. The van der Waals surface area contributed by atoms with E-state index in [0.29, 0.717) is 21.9 Å². The number of alkyl halides is 2. The van der Waals surface area contributed by atoms with Gasteiger partial charge in [-0.25, -0.2) is 4.98 Å². The largest absolute Gasteiger partial charge is 0.320 e. The summed E-state index contributed by atoms with van der Waals surface area (Å²) in [4.78, 5) is 3.97. The number of nitrogens with zero attached hydrogens (tertiary/aromatic N) is 3.